The number of halogens is 1. The van der Waals surface area contributed by atoms with Gasteiger partial charge in [0.15, 0.2) is 0 Å². The van der Waals surface area contributed by atoms with Crippen molar-refractivity contribution in [1.82, 2.24) is 10.2 Å². The van der Waals surface area contributed by atoms with Crippen LogP contribution in [-0.4, -0.2) is 29.4 Å². The highest BCUT2D eigenvalue weighted by Gasteiger charge is 2.35. The summed E-state index contributed by atoms with van der Waals surface area (Å²) in [5, 5.41) is 12.2. The highest BCUT2D eigenvalue weighted by molar-refractivity contribution is 5.86. The maximum Gasteiger partial charge on any atom is 0.242 e. The molecule has 1 N–H and O–H groups in total. The molecule has 0 aromatic heterocycles. The van der Waals surface area contributed by atoms with Crippen molar-refractivity contribution in [1.29, 1.82) is 5.26 Å². The Hall–Kier alpha value is -1.93. The molecule has 19 heavy (non-hydrogen) atoms. The van der Waals surface area contributed by atoms with E-state index in [1.165, 1.54) is 18.2 Å². The first-order chi connectivity index (χ1) is 8.94. The molecule has 1 aromatic rings. The number of hydrogen-bond donors (Lipinski definition) is 1. The van der Waals surface area contributed by atoms with Gasteiger partial charge in [-0.05, 0) is 37.6 Å². The summed E-state index contributed by atoms with van der Waals surface area (Å²) in [7, 11) is 0. The fourth-order valence-corrected chi connectivity index (χ4v) is 2.23. The van der Waals surface area contributed by atoms with Crippen LogP contribution in [0, 0.1) is 17.1 Å². The molecule has 1 amide bonds. The Balaban J connectivity index is 2.24. The number of hydrogen-bond acceptors (Lipinski definition) is 3. The predicted octanol–water partition coefficient (Wildman–Crippen LogP) is 1.41. The lowest BCUT2D eigenvalue weighted by atomic mass is 9.99. The normalized spacial score (nSPS) is 18.2. The van der Waals surface area contributed by atoms with Crippen molar-refractivity contribution >= 4 is 5.91 Å². The third-order valence-electron chi connectivity index (χ3n) is 3.32. The molecule has 0 radical (unpaired) electrons. The van der Waals surface area contributed by atoms with Crippen LogP contribution in [0.3, 0.4) is 0 Å². The van der Waals surface area contributed by atoms with E-state index in [2.05, 4.69) is 5.32 Å². The molecule has 0 spiro atoms. The van der Waals surface area contributed by atoms with Crippen LogP contribution in [-0.2, 0) is 11.3 Å². The Labute approximate surface area is 111 Å². The summed E-state index contributed by atoms with van der Waals surface area (Å²) >= 11 is 0. The first-order valence-electron chi connectivity index (χ1n) is 6.17. The Kier molecular flexibility index (Phi) is 3.54. The minimum absolute atomic E-state index is 0.0353. The number of nitriles is 1. The quantitative estimate of drug-likeness (QED) is 0.875. The van der Waals surface area contributed by atoms with E-state index in [0.717, 1.165) is 0 Å². The zero-order chi connectivity index (χ0) is 14.0. The molecular formula is C14H16FN3O. The molecule has 1 fully saturated rings. The second-order valence-electron chi connectivity index (χ2n) is 5.19. The van der Waals surface area contributed by atoms with Gasteiger partial charge in [0.05, 0.1) is 17.2 Å². The van der Waals surface area contributed by atoms with Gasteiger partial charge in [-0.25, -0.2) is 4.39 Å². The zero-order valence-electron chi connectivity index (χ0n) is 11.0. The summed E-state index contributed by atoms with van der Waals surface area (Å²) < 4.78 is 13.3. The summed E-state index contributed by atoms with van der Waals surface area (Å²) in [5.41, 5.74) is 0.345. The van der Waals surface area contributed by atoms with E-state index in [1.807, 2.05) is 19.9 Å². The monoisotopic (exact) mass is 261 g/mol. The summed E-state index contributed by atoms with van der Waals surface area (Å²) in [6.45, 7) is 5.15. The first kappa shape index (κ1) is 13.5. The van der Waals surface area contributed by atoms with Crippen molar-refractivity contribution in [2.24, 2.45) is 0 Å². The van der Waals surface area contributed by atoms with Crippen molar-refractivity contribution in [3.8, 4) is 6.07 Å². The number of carbonyl (C=O) groups is 1. The molecule has 1 saturated heterocycles. The van der Waals surface area contributed by atoms with Crippen LogP contribution in [0.1, 0.15) is 25.0 Å². The fraction of sp³-hybridized carbons (Fsp3) is 0.429. The Bertz CT molecular complexity index is 548. The van der Waals surface area contributed by atoms with Gasteiger partial charge in [0, 0.05) is 19.6 Å². The molecule has 1 aromatic carbocycles. The molecule has 0 bridgehead atoms. The van der Waals surface area contributed by atoms with Gasteiger partial charge in [-0.15, -0.1) is 0 Å². The SMILES string of the molecule is CC1(C)NCCN(Cc2cc(F)ccc2C#N)C1=O. The molecule has 100 valence electrons. The van der Waals surface area contributed by atoms with E-state index < -0.39 is 11.4 Å². The molecule has 1 heterocycles. The van der Waals surface area contributed by atoms with Crippen LogP contribution in [0.2, 0.25) is 0 Å². The number of piperazine rings is 1. The molecule has 1 aliphatic heterocycles. The third-order valence-corrected chi connectivity index (χ3v) is 3.32. The number of benzene rings is 1. The van der Waals surface area contributed by atoms with Crippen LogP contribution in [0.25, 0.3) is 0 Å². The van der Waals surface area contributed by atoms with Crippen molar-refractivity contribution in [2.75, 3.05) is 13.1 Å². The molecule has 5 heteroatoms. The van der Waals surface area contributed by atoms with Gasteiger partial charge in [-0.1, -0.05) is 0 Å². The summed E-state index contributed by atoms with van der Waals surface area (Å²) in [4.78, 5) is 13.9. The topological polar surface area (TPSA) is 56.1 Å². The summed E-state index contributed by atoms with van der Waals surface area (Å²) in [5.74, 6) is -0.428. The standard InChI is InChI=1S/C14H16FN3O/c1-14(2)13(19)18(6-5-17-14)9-11-7-12(15)4-3-10(11)8-16/h3-4,7,17H,5-6,9H2,1-2H3. The van der Waals surface area contributed by atoms with Gasteiger partial charge >= 0.3 is 0 Å². The number of carbonyl (C=O) groups excluding carboxylic acids is 1. The smallest absolute Gasteiger partial charge is 0.242 e. The van der Waals surface area contributed by atoms with Crippen LogP contribution < -0.4 is 5.32 Å². The first-order valence-corrected chi connectivity index (χ1v) is 6.17. The Morgan fingerprint density at radius 3 is 2.95 bits per heavy atom. The van der Waals surface area contributed by atoms with Gasteiger partial charge in [-0.2, -0.15) is 5.26 Å². The molecule has 0 atom stereocenters. The Morgan fingerprint density at radius 1 is 1.53 bits per heavy atom. The van der Waals surface area contributed by atoms with Crippen molar-refractivity contribution in [3.05, 3.63) is 35.1 Å². The molecule has 2 rings (SSSR count). The summed E-state index contributed by atoms with van der Waals surface area (Å²) in [6.07, 6.45) is 0. The maximum atomic E-state index is 13.3. The minimum atomic E-state index is -0.613. The average Bonchev–Trinajstić information content (AvgIpc) is 2.35. The van der Waals surface area contributed by atoms with Crippen molar-refractivity contribution in [2.45, 2.75) is 25.9 Å². The molecule has 0 unspecified atom stereocenters. The third kappa shape index (κ3) is 2.74. The van der Waals surface area contributed by atoms with Crippen LogP contribution in [0.15, 0.2) is 18.2 Å². The minimum Gasteiger partial charge on any atom is -0.335 e. The van der Waals surface area contributed by atoms with Crippen LogP contribution in [0.5, 0.6) is 0 Å². The van der Waals surface area contributed by atoms with E-state index in [1.54, 1.807) is 4.90 Å². The van der Waals surface area contributed by atoms with E-state index in [4.69, 9.17) is 5.26 Å². The number of amides is 1. The lowest BCUT2D eigenvalue weighted by Gasteiger charge is -2.38. The van der Waals surface area contributed by atoms with E-state index >= 15 is 0 Å². The Morgan fingerprint density at radius 2 is 2.26 bits per heavy atom. The van der Waals surface area contributed by atoms with E-state index in [9.17, 15) is 9.18 Å². The lowest BCUT2D eigenvalue weighted by Crippen LogP contribution is -2.60. The molecule has 0 saturated carbocycles. The zero-order valence-corrected chi connectivity index (χ0v) is 11.0. The lowest BCUT2D eigenvalue weighted by molar-refractivity contribution is -0.140. The van der Waals surface area contributed by atoms with Crippen molar-refractivity contribution < 1.29 is 9.18 Å². The number of nitrogens with one attached hydrogen (secondary N) is 1. The van der Waals surface area contributed by atoms with Gasteiger partial charge < -0.3 is 10.2 Å². The highest BCUT2D eigenvalue weighted by atomic mass is 19.1. The van der Waals surface area contributed by atoms with Crippen LogP contribution >= 0.6 is 0 Å². The second-order valence-corrected chi connectivity index (χ2v) is 5.19. The van der Waals surface area contributed by atoms with Gasteiger partial charge in [0.1, 0.15) is 5.82 Å². The van der Waals surface area contributed by atoms with Gasteiger partial charge in [-0.3, -0.25) is 4.79 Å². The fourth-order valence-electron chi connectivity index (χ4n) is 2.23. The van der Waals surface area contributed by atoms with Gasteiger partial charge in [0.25, 0.3) is 0 Å². The maximum absolute atomic E-state index is 13.3. The molecule has 4 nitrogen and oxygen atoms in total. The molecule has 1 aliphatic rings. The predicted molar refractivity (Wildman–Crippen MR) is 68.6 cm³/mol. The van der Waals surface area contributed by atoms with Crippen molar-refractivity contribution in [3.63, 3.8) is 0 Å². The van der Waals surface area contributed by atoms with E-state index in [0.29, 0.717) is 24.2 Å². The van der Waals surface area contributed by atoms with Gasteiger partial charge in [0.2, 0.25) is 5.91 Å². The molecule has 0 aliphatic carbocycles. The average molecular weight is 261 g/mol. The number of rotatable bonds is 2. The second kappa shape index (κ2) is 4.98. The molecular weight excluding hydrogens is 245 g/mol. The summed E-state index contributed by atoms with van der Waals surface area (Å²) in [6, 6.07) is 6.05. The van der Waals surface area contributed by atoms with Crippen LogP contribution in [0.4, 0.5) is 4.39 Å². The number of nitrogens with zero attached hydrogens (tertiary/aromatic N) is 2. The largest absolute Gasteiger partial charge is 0.335 e. The highest BCUT2D eigenvalue weighted by Crippen LogP contribution is 2.18. The van der Waals surface area contributed by atoms with E-state index in [-0.39, 0.29) is 12.5 Å².